The smallest absolute Gasteiger partial charge is 0.210 e. The van der Waals surface area contributed by atoms with Crippen molar-refractivity contribution in [3.05, 3.63) is 89.4 Å². The maximum atomic E-state index is 6.23. The van der Waals surface area contributed by atoms with Crippen molar-refractivity contribution in [3.63, 3.8) is 0 Å². The average Bonchev–Trinajstić information content (AvgIpc) is 3.18. The highest BCUT2D eigenvalue weighted by molar-refractivity contribution is 7.19. The van der Waals surface area contributed by atoms with Gasteiger partial charge in [-0.1, -0.05) is 71.5 Å². The van der Waals surface area contributed by atoms with Gasteiger partial charge in [0.15, 0.2) is 0 Å². The van der Waals surface area contributed by atoms with E-state index in [0.717, 1.165) is 33.0 Å². The van der Waals surface area contributed by atoms with Crippen molar-refractivity contribution in [1.82, 2.24) is 4.98 Å². The van der Waals surface area contributed by atoms with E-state index in [1.807, 2.05) is 66.7 Å². The maximum absolute atomic E-state index is 6.23. The van der Waals surface area contributed by atoms with Crippen LogP contribution in [0.5, 0.6) is 5.75 Å². The fourth-order valence-corrected chi connectivity index (χ4v) is 3.92. The molecule has 0 spiro atoms. The Bertz CT molecular complexity index is 1110. The first-order valence-corrected chi connectivity index (χ1v) is 9.93. The SMILES string of the molecule is COc1ccc(-c2nc(N=Cc3ccccc3Cl)sc2-c2ccccc2)cc1. The van der Waals surface area contributed by atoms with E-state index >= 15 is 0 Å². The van der Waals surface area contributed by atoms with Crippen molar-refractivity contribution >= 4 is 34.3 Å². The normalized spacial score (nSPS) is 11.1. The van der Waals surface area contributed by atoms with Crippen LogP contribution in [0.1, 0.15) is 5.56 Å². The Kier molecular flexibility index (Phi) is 5.51. The minimum absolute atomic E-state index is 0.668. The molecule has 1 aromatic heterocycles. The van der Waals surface area contributed by atoms with Gasteiger partial charge in [0.1, 0.15) is 5.75 Å². The quantitative estimate of drug-likeness (QED) is 0.339. The van der Waals surface area contributed by atoms with Gasteiger partial charge in [0.25, 0.3) is 0 Å². The second-order valence-electron chi connectivity index (χ2n) is 6.05. The van der Waals surface area contributed by atoms with E-state index in [0.29, 0.717) is 10.2 Å². The van der Waals surface area contributed by atoms with E-state index in [1.54, 1.807) is 24.7 Å². The molecule has 0 aliphatic heterocycles. The van der Waals surface area contributed by atoms with Crippen LogP contribution in [0, 0.1) is 0 Å². The zero-order valence-corrected chi connectivity index (χ0v) is 16.7. The first-order valence-electron chi connectivity index (χ1n) is 8.74. The molecule has 3 aromatic carbocycles. The molecule has 0 aliphatic rings. The molecule has 0 radical (unpaired) electrons. The number of hydrogen-bond donors (Lipinski definition) is 0. The number of benzene rings is 3. The summed E-state index contributed by atoms with van der Waals surface area (Å²) in [5.41, 5.74) is 3.91. The summed E-state index contributed by atoms with van der Waals surface area (Å²) >= 11 is 7.79. The minimum Gasteiger partial charge on any atom is -0.497 e. The van der Waals surface area contributed by atoms with Crippen LogP contribution in [0.25, 0.3) is 21.7 Å². The average molecular weight is 405 g/mol. The summed E-state index contributed by atoms with van der Waals surface area (Å²) in [5.74, 6) is 0.817. The molecule has 4 rings (SSSR count). The summed E-state index contributed by atoms with van der Waals surface area (Å²) in [6, 6.07) is 25.8. The molecule has 28 heavy (non-hydrogen) atoms. The number of halogens is 1. The van der Waals surface area contributed by atoms with E-state index in [1.165, 1.54) is 0 Å². The predicted molar refractivity (Wildman–Crippen MR) is 118 cm³/mol. The summed E-state index contributed by atoms with van der Waals surface area (Å²) in [7, 11) is 1.66. The van der Waals surface area contributed by atoms with Gasteiger partial charge in [-0.15, -0.1) is 0 Å². The molecule has 0 N–H and O–H groups in total. The highest BCUT2D eigenvalue weighted by Crippen LogP contribution is 2.40. The zero-order chi connectivity index (χ0) is 19.3. The topological polar surface area (TPSA) is 34.5 Å². The molecular formula is C23H17ClN2OS. The molecule has 0 atom stereocenters. The molecule has 0 unspecified atom stereocenters. The van der Waals surface area contributed by atoms with Crippen LogP contribution in [-0.2, 0) is 0 Å². The molecule has 0 saturated carbocycles. The Morgan fingerprint density at radius 2 is 1.61 bits per heavy atom. The number of nitrogens with zero attached hydrogens (tertiary/aromatic N) is 2. The summed E-state index contributed by atoms with van der Waals surface area (Å²) in [5, 5.41) is 1.35. The van der Waals surface area contributed by atoms with Crippen LogP contribution in [0.2, 0.25) is 5.02 Å². The lowest BCUT2D eigenvalue weighted by atomic mass is 10.1. The van der Waals surface area contributed by atoms with Gasteiger partial charge < -0.3 is 4.74 Å². The van der Waals surface area contributed by atoms with E-state index in [9.17, 15) is 0 Å². The van der Waals surface area contributed by atoms with Crippen LogP contribution >= 0.6 is 22.9 Å². The number of thiazole rings is 1. The van der Waals surface area contributed by atoms with E-state index in [2.05, 4.69) is 17.1 Å². The number of aliphatic imine (C=N–C) groups is 1. The van der Waals surface area contributed by atoms with Crippen molar-refractivity contribution in [2.24, 2.45) is 4.99 Å². The zero-order valence-electron chi connectivity index (χ0n) is 15.2. The number of ether oxygens (including phenoxy) is 1. The molecule has 0 bridgehead atoms. The number of aromatic nitrogens is 1. The van der Waals surface area contributed by atoms with E-state index in [-0.39, 0.29) is 0 Å². The second kappa shape index (κ2) is 8.38. The van der Waals surface area contributed by atoms with Crippen molar-refractivity contribution in [2.75, 3.05) is 7.11 Å². The number of rotatable bonds is 5. The third kappa shape index (κ3) is 3.98. The van der Waals surface area contributed by atoms with Gasteiger partial charge in [0, 0.05) is 22.4 Å². The third-order valence-corrected chi connectivity index (χ3v) is 5.59. The minimum atomic E-state index is 0.668. The lowest BCUT2D eigenvalue weighted by molar-refractivity contribution is 0.415. The monoisotopic (exact) mass is 404 g/mol. The predicted octanol–water partition coefficient (Wildman–Crippen LogP) is 6.89. The number of methoxy groups -OCH3 is 1. The molecular weight excluding hydrogens is 388 g/mol. The van der Waals surface area contributed by atoms with Crippen LogP contribution < -0.4 is 4.74 Å². The van der Waals surface area contributed by atoms with Gasteiger partial charge in [-0.25, -0.2) is 9.98 Å². The van der Waals surface area contributed by atoms with Crippen molar-refractivity contribution in [2.45, 2.75) is 0 Å². The van der Waals surface area contributed by atoms with E-state index < -0.39 is 0 Å². The Balaban J connectivity index is 1.77. The fourth-order valence-electron chi connectivity index (χ4n) is 2.80. The van der Waals surface area contributed by atoms with Gasteiger partial charge >= 0.3 is 0 Å². The molecule has 5 heteroatoms. The van der Waals surface area contributed by atoms with Crippen molar-refractivity contribution in [1.29, 1.82) is 0 Å². The molecule has 4 aromatic rings. The van der Waals surface area contributed by atoms with Gasteiger partial charge in [-0.2, -0.15) is 0 Å². The Hall–Kier alpha value is -2.95. The van der Waals surface area contributed by atoms with Crippen LogP contribution in [-0.4, -0.2) is 18.3 Å². The van der Waals surface area contributed by atoms with Crippen LogP contribution in [0.4, 0.5) is 5.13 Å². The highest BCUT2D eigenvalue weighted by atomic mass is 35.5. The molecule has 0 amide bonds. The molecule has 0 saturated heterocycles. The molecule has 3 nitrogen and oxygen atoms in total. The van der Waals surface area contributed by atoms with Gasteiger partial charge in [-0.3, -0.25) is 0 Å². The van der Waals surface area contributed by atoms with Gasteiger partial charge in [0.05, 0.1) is 17.7 Å². The lowest BCUT2D eigenvalue weighted by Gasteiger charge is -2.04. The maximum Gasteiger partial charge on any atom is 0.210 e. The number of hydrogen-bond acceptors (Lipinski definition) is 4. The van der Waals surface area contributed by atoms with Crippen LogP contribution in [0.3, 0.4) is 0 Å². The Morgan fingerprint density at radius 3 is 2.32 bits per heavy atom. The first-order chi connectivity index (χ1) is 13.7. The van der Waals surface area contributed by atoms with E-state index in [4.69, 9.17) is 21.3 Å². The molecule has 1 heterocycles. The lowest BCUT2D eigenvalue weighted by Crippen LogP contribution is -1.85. The molecule has 138 valence electrons. The summed E-state index contributed by atoms with van der Waals surface area (Å²) in [6.07, 6.45) is 1.76. The fraction of sp³-hybridized carbons (Fsp3) is 0.0435. The van der Waals surface area contributed by atoms with Crippen molar-refractivity contribution in [3.8, 4) is 27.4 Å². The van der Waals surface area contributed by atoms with Crippen molar-refractivity contribution < 1.29 is 4.74 Å². The highest BCUT2D eigenvalue weighted by Gasteiger charge is 2.14. The summed E-state index contributed by atoms with van der Waals surface area (Å²) < 4.78 is 5.27. The van der Waals surface area contributed by atoms with Crippen LogP contribution in [0.15, 0.2) is 83.9 Å². The largest absolute Gasteiger partial charge is 0.497 e. The summed E-state index contributed by atoms with van der Waals surface area (Å²) in [6.45, 7) is 0. The van der Waals surface area contributed by atoms with Gasteiger partial charge in [0.2, 0.25) is 5.13 Å². The first kappa shape index (κ1) is 18.4. The Labute approximate surface area is 173 Å². The Morgan fingerprint density at radius 1 is 0.893 bits per heavy atom. The molecule has 0 aliphatic carbocycles. The molecule has 0 fully saturated rings. The third-order valence-electron chi connectivity index (χ3n) is 4.23. The standard InChI is InChI=1S/C23H17ClN2OS/c1-27-19-13-11-16(12-14-19)21-22(17-7-3-2-4-8-17)28-23(26-21)25-15-18-9-5-6-10-20(18)24/h2-15H,1H3. The van der Waals surface area contributed by atoms with Gasteiger partial charge in [-0.05, 0) is 35.9 Å². The summed E-state index contributed by atoms with van der Waals surface area (Å²) in [4.78, 5) is 10.5. The second-order valence-corrected chi connectivity index (χ2v) is 7.43.